The van der Waals surface area contributed by atoms with Crippen LogP contribution in [0.3, 0.4) is 0 Å². The standard InChI is InChI=1S/C21H27F3N2O4/c1-29-15-11-14(12-16(13-15)30-2)19(27)25-7-9-26(10-8-25)20(28)17-5-3-4-6-18(17)21(22,23)24/h11-13,17-18H,3-10H2,1-2H3. The van der Waals surface area contributed by atoms with E-state index in [1.165, 1.54) is 19.1 Å². The van der Waals surface area contributed by atoms with Gasteiger partial charge in [0.15, 0.2) is 0 Å². The number of piperazine rings is 1. The number of hydrogen-bond donors (Lipinski definition) is 0. The first-order chi connectivity index (χ1) is 14.2. The quantitative estimate of drug-likeness (QED) is 0.738. The van der Waals surface area contributed by atoms with Crippen LogP contribution in [0.5, 0.6) is 11.5 Å². The number of nitrogens with zero attached hydrogens (tertiary/aromatic N) is 2. The number of carbonyl (C=O) groups excluding carboxylic acids is 2. The molecule has 166 valence electrons. The average Bonchev–Trinajstić information content (AvgIpc) is 2.77. The topological polar surface area (TPSA) is 59.1 Å². The fourth-order valence-electron chi connectivity index (χ4n) is 4.30. The van der Waals surface area contributed by atoms with Crippen molar-refractivity contribution in [2.24, 2.45) is 11.8 Å². The maximum Gasteiger partial charge on any atom is 0.392 e. The van der Waals surface area contributed by atoms with Gasteiger partial charge in [0, 0.05) is 43.7 Å². The molecule has 0 aromatic heterocycles. The maximum absolute atomic E-state index is 13.4. The Balaban J connectivity index is 1.64. The van der Waals surface area contributed by atoms with Crippen molar-refractivity contribution >= 4 is 11.8 Å². The van der Waals surface area contributed by atoms with E-state index in [9.17, 15) is 22.8 Å². The molecule has 0 N–H and O–H groups in total. The Morgan fingerprint density at radius 2 is 1.43 bits per heavy atom. The predicted molar refractivity (Wildman–Crippen MR) is 104 cm³/mol. The molecule has 2 atom stereocenters. The molecule has 0 bridgehead atoms. The molecule has 0 radical (unpaired) electrons. The highest BCUT2D eigenvalue weighted by Crippen LogP contribution is 2.42. The molecule has 1 saturated carbocycles. The summed E-state index contributed by atoms with van der Waals surface area (Å²) in [6, 6.07) is 4.88. The van der Waals surface area contributed by atoms with Gasteiger partial charge in [-0.1, -0.05) is 12.8 Å². The smallest absolute Gasteiger partial charge is 0.392 e. The SMILES string of the molecule is COc1cc(OC)cc(C(=O)N2CCN(C(=O)C3CCCCC3C(F)(F)F)CC2)c1. The van der Waals surface area contributed by atoms with Crippen LogP contribution in [0.25, 0.3) is 0 Å². The minimum absolute atomic E-state index is 0.00995. The van der Waals surface area contributed by atoms with Crippen LogP contribution in [0, 0.1) is 11.8 Å². The number of ether oxygens (including phenoxy) is 2. The molecule has 30 heavy (non-hydrogen) atoms. The monoisotopic (exact) mass is 428 g/mol. The zero-order chi connectivity index (χ0) is 21.9. The lowest BCUT2D eigenvalue weighted by molar-refractivity contribution is -0.201. The lowest BCUT2D eigenvalue weighted by Crippen LogP contribution is -2.53. The molecule has 1 aliphatic carbocycles. The summed E-state index contributed by atoms with van der Waals surface area (Å²) in [6.07, 6.45) is -2.94. The fourth-order valence-corrected chi connectivity index (χ4v) is 4.30. The maximum atomic E-state index is 13.4. The van der Waals surface area contributed by atoms with E-state index >= 15 is 0 Å². The van der Waals surface area contributed by atoms with Crippen molar-refractivity contribution in [3.05, 3.63) is 23.8 Å². The van der Waals surface area contributed by atoms with Gasteiger partial charge in [0.2, 0.25) is 5.91 Å². The lowest BCUT2D eigenvalue weighted by Gasteiger charge is -2.39. The van der Waals surface area contributed by atoms with Crippen molar-refractivity contribution in [3.8, 4) is 11.5 Å². The number of rotatable bonds is 4. The van der Waals surface area contributed by atoms with Crippen molar-refractivity contribution < 1.29 is 32.2 Å². The van der Waals surface area contributed by atoms with Crippen LogP contribution in [-0.2, 0) is 4.79 Å². The van der Waals surface area contributed by atoms with E-state index in [4.69, 9.17) is 9.47 Å². The second-order valence-electron chi connectivity index (χ2n) is 7.76. The summed E-state index contributed by atoms with van der Waals surface area (Å²) >= 11 is 0. The molecule has 1 aromatic carbocycles. The van der Waals surface area contributed by atoms with Crippen LogP contribution < -0.4 is 9.47 Å². The largest absolute Gasteiger partial charge is 0.497 e. The van der Waals surface area contributed by atoms with Crippen LogP contribution >= 0.6 is 0 Å². The Morgan fingerprint density at radius 1 is 0.900 bits per heavy atom. The van der Waals surface area contributed by atoms with Crippen LogP contribution in [-0.4, -0.2) is 68.2 Å². The predicted octanol–water partition coefficient (Wildman–Crippen LogP) is 3.36. The van der Waals surface area contributed by atoms with Gasteiger partial charge in [-0.05, 0) is 25.0 Å². The Bertz CT molecular complexity index is 754. The van der Waals surface area contributed by atoms with E-state index in [1.807, 2.05) is 0 Å². The van der Waals surface area contributed by atoms with Gasteiger partial charge < -0.3 is 19.3 Å². The Kier molecular flexibility index (Phi) is 6.77. The van der Waals surface area contributed by atoms with Crippen LogP contribution in [0.15, 0.2) is 18.2 Å². The highest BCUT2D eigenvalue weighted by Gasteiger charge is 2.49. The Hall–Kier alpha value is -2.45. The normalized spacial score (nSPS) is 22.6. The first kappa shape index (κ1) is 22.2. The number of amides is 2. The fraction of sp³-hybridized carbons (Fsp3) is 0.619. The molecule has 2 unspecified atom stereocenters. The van der Waals surface area contributed by atoms with E-state index in [2.05, 4.69) is 0 Å². The molecule has 1 aromatic rings. The molecule has 9 heteroatoms. The Morgan fingerprint density at radius 3 is 1.97 bits per heavy atom. The van der Waals surface area contributed by atoms with E-state index in [1.54, 1.807) is 23.1 Å². The number of benzene rings is 1. The minimum atomic E-state index is -4.36. The highest BCUT2D eigenvalue weighted by atomic mass is 19.4. The van der Waals surface area contributed by atoms with Gasteiger partial charge in [-0.3, -0.25) is 9.59 Å². The zero-order valence-corrected chi connectivity index (χ0v) is 17.2. The average molecular weight is 428 g/mol. The van der Waals surface area contributed by atoms with E-state index in [-0.39, 0.29) is 44.9 Å². The Labute approximate surface area is 173 Å². The summed E-state index contributed by atoms with van der Waals surface area (Å²) in [7, 11) is 2.99. The van der Waals surface area contributed by atoms with Gasteiger partial charge >= 0.3 is 6.18 Å². The summed E-state index contributed by atoms with van der Waals surface area (Å²) in [4.78, 5) is 28.7. The molecular formula is C21H27F3N2O4. The van der Waals surface area contributed by atoms with Crippen LogP contribution in [0.1, 0.15) is 36.0 Å². The summed E-state index contributed by atoms with van der Waals surface area (Å²) in [5.41, 5.74) is 0.399. The number of carbonyl (C=O) groups is 2. The third-order valence-electron chi connectivity index (χ3n) is 5.98. The molecule has 1 heterocycles. The zero-order valence-electron chi connectivity index (χ0n) is 17.2. The third-order valence-corrected chi connectivity index (χ3v) is 5.98. The molecule has 1 saturated heterocycles. The van der Waals surface area contributed by atoms with Gasteiger partial charge in [-0.2, -0.15) is 13.2 Å². The number of hydrogen-bond acceptors (Lipinski definition) is 4. The van der Waals surface area contributed by atoms with Gasteiger partial charge in [-0.15, -0.1) is 0 Å². The molecular weight excluding hydrogens is 401 g/mol. The summed E-state index contributed by atoms with van der Waals surface area (Å²) in [6.45, 7) is 1.00. The van der Waals surface area contributed by atoms with Crippen molar-refractivity contribution in [2.45, 2.75) is 31.9 Å². The molecule has 0 spiro atoms. The molecule has 2 aliphatic rings. The van der Waals surface area contributed by atoms with E-state index in [0.717, 1.165) is 0 Å². The number of alkyl halides is 3. The summed E-state index contributed by atoms with van der Waals surface area (Å²) in [5.74, 6) is -2.27. The van der Waals surface area contributed by atoms with E-state index < -0.39 is 23.9 Å². The molecule has 6 nitrogen and oxygen atoms in total. The molecule has 2 fully saturated rings. The van der Waals surface area contributed by atoms with Gasteiger partial charge in [0.25, 0.3) is 5.91 Å². The third kappa shape index (κ3) is 4.82. The van der Waals surface area contributed by atoms with Crippen molar-refractivity contribution in [1.29, 1.82) is 0 Å². The second kappa shape index (κ2) is 9.14. The highest BCUT2D eigenvalue weighted by molar-refractivity contribution is 5.95. The van der Waals surface area contributed by atoms with Crippen molar-refractivity contribution in [1.82, 2.24) is 9.80 Å². The lowest BCUT2D eigenvalue weighted by atomic mass is 9.78. The van der Waals surface area contributed by atoms with Gasteiger partial charge in [-0.25, -0.2) is 0 Å². The van der Waals surface area contributed by atoms with Gasteiger partial charge in [0.05, 0.1) is 20.1 Å². The molecule has 1 aliphatic heterocycles. The summed E-state index contributed by atoms with van der Waals surface area (Å²) in [5, 5.41) is 0. The van der Waals surface area contributed by atoms with Crippen molar-refractivity contribution in [3.63, 3.8) is 0 Å². The second-order valence-corrected chi connectivity index (χ2v) is 7.76. The molecule has 3 rings (SSSR count). The number of methoxy groups -OCH3 is 2. The minimum Gasteiger partial charge on any atom is -0.497 e. The molecule has 2 amide bonds. The first-order valence-electron chi connectivity index (χ1n) is 10.1. The first-order valence-corrected chi connectivity index (χ1v) is 10.1. The summed E-state index contributed by atoms with van der Waals surface area (Å²) < 4.78 is 50.4. The van der Waals surface area contributed by atoms with Crippen LogP contribution in [0.4, 0.5) is 13.2 Å². The van der Waals surface area contributed by atoms with Crippen molar-refractivity contribution in [2.75, 3.05) is 40.4 Å². The van der Waals surface area contributed by atoms with Gasteiger partial charge in [0.1, 0.15) is 11.5 Å². The number of halogens is 3. The van der Waals surface area contributed by atoms with Crippen LogP contribution in [0.2, 0.25) is 0 Å². The van der Waals surface area contributed by atoms with E-state index in [0.29, 0.717) is 29.9 Å².